The lowest BCUT2D eigenvalue weighted by atomic mass is 9.94. The molecular weight excluding hydrogens is 370 g/mol. The normalized spacial score (nSPS) is 16.9. The van der Waals surface area contributed by atoms with Crippen LogP contribution in [0.25, 0.3) is 0 Å². The van der Waals surface area contributed by atoms with E-state index >= 15 is 0 Å². The molecule has 27 heavy (non-hydrogen) atoms. The van der Waals surface area contributed by atoms with Crippen LogP contribution in [0.1, 0.15) is 31.9 Å². The molecule has 1 aromatic carbocycles. The summed E-state index contributed by atoms with van der Waals surface area (Å²) in [5.74, 6) is -0.503. The van der Waals surface area contributed by atoms with Gasteiger partial charge in [0.2, 0.25) is 0 Å². The number of nitro groups is 1. The summed E-state index contributed by atoms with van der Waals surface area (Å²) in [5.41, 5.74) is 1.58. The van der Waals surface area contributed by atoms with E-state index < -0.39 is 16.9 Å². The minimum atomic E-state index is -0.624. The highest BCUT2D eigenvalue weighted by molar-refractivity contribution is 7.80. The van der Waals surface area contributed by atoms with E-state index in [1.807, 2.05) is 11.8 Å². The molecule has 1 heterocycles. The Morgan fingerprint density at radius 2 is 2.15 bits per heavy atom. The van der Waals surface area contributed by atoms with Gasteiger partial charge in [0.1, 0.15) is 6.61 Å². The number of nitrogens with one attached hydrogen (secondary N) is 1. The summed E-state index contributed by atoms with van der Waals surface area (Å²) in [4.78, 5) is 25.3. The van der Waals surface area contributed by atoms with Gasteiger partial charge in [0.05, 0.1) is 23.1 Å². The zero-order valence-corrected chi connectivity index (χ0v) is 16.4. The van der Waals surface area contributed by atoms with Crippen molar-refractivity contribution < 1.29 is 19.2 Å². The first kappa shape index (κ1) is 20.8. The predicted octanol–water partition coefficient (Wildman–Crippen LogP) is 2.70. The first-order valence-corrected chi connectivity index (χ1v) is 9.00. The number of allylic oxidation sites excluding steroid dienone is 1. The molecule has 1 aromatic rings. The molecule has 0 aromatic heterocycles. The summed E-state index contributed by atoms with van der Waals surface area (Å²) < 4.78 is 10.2. The van der Waals surface area contributed by atoms with E-state index in [0.717, 1.165) is 6.42 Å². The largest absolute Gasteiger partial charge is 0.460 e. The Balaban J connectivity index is 2.46. The van der Waals surface area contributed by atoms with Crippen LogP contribution in [-0.2, 0) is 14.3 Å². The lowest BCUT2D eigenvalue weighted by Gasteiger charge is -2.37. The number of carbonyl (C=O) groups excluding carboxylic acids is 1. The number of methoxy groups -OCH3 is 1. The molecule has 8 nitrogen and oxygen atoms in total. The first-order chi connectivity index (χ1) is 12.9. The van der Waals surface area contributed by atoms with E-state index in [-0.39, 0.29) is 18.9 Å². The van der Waals surface area contributed by atoms with Crippen molar-refractivity contribution in [2.24, 2.45) is 0 Å². The second-order valence-electron chi connectivity index (χ2n) is 6.01. The molecule has 0 spiro atoms. The Morgan fingerprint density at radius 3 is 2.78 bits per heavy atom. The molecule has 2 rings (SSSR count). The van der Waals surface area contributed by atoms with Crippen LogP contribution >= 0.6 is 12.2 Å². The summed E-state index contributed by atoms with van der Waals surface area (Å²) in [7, 11) is 1.52. The van der Waals surface area contributed by atoms with Crippen LogP contribution in [0.15, 0.2) is 35.5 Å². The molecule has 1 atom stereocenters. The summed E-state index contributed by atoms with van der Waals surface area (Å²) >= 11 is 5.45. The lowest BCUT2D eigenvalue weighted by molar-refractivity contribution is -0.384. The van der Waals surface area contributed by atoms with Gasteiger partial charge in [-0.25, -0.2) is 4.79 Å². The van der Waals surface area contributed by atoms with Crippen molar-refractivity contribution >= 4 is 29.0 Å². The van der Waals surface area contributed by atoms with Crippen LogP contribution < -0.4 is 5.32 Å². The van der Waals surface area contributed by atoms with Crippen molar-refractivity contribution in [3.05, 3.63) is 51.2 Å². The van der Waals surface area contributed by atoms with Gasteiger partial charge in [-0.2, -0.15) is 0 Å². The maximum absolute atomic E-state index is 12.8. The third kappa shape index (κ3) is 4.81. The van der Waals surface area contributed by atoms with E-state index in [1.54, 1.807) is 19.1 Å². The molecule has 9 heteroatoms. The number of non-ortho nitro benzene ring substituents is 1. The Hall–Kier alpha value is -2.52. The van der Waals surface area contributed by atoms with Crippen LogP contribution in [-0.4, -0.2) is 47.8 Å². The second kappa shape index (κ2) is 9.43. The number of nitro benzene ring substituents is 1. The zero-order valence-electron chi connectivity index (χ0n) is 15.6. The fourth-order valence-corrected chi connectivity index (χ4v) is 3.25. The molecule has 1 N–H and O–H groups in total. The molecule has 146 valence electrons. The topological polar surface area (TPSA) is 93.9 Å². The number of nitrogens with zero attached hydrogens (tertiary/aromatic N) is 2. The molecule has 1 unspecified atom stereocenters. The molecule has 1 aliphatic rings. The molecule has 0 saturated heterocycles. The van der Waals surface area contributed by atoms with E-state index in [2.05, 4.69) is 5.32 Å². The molecule has 0 bridgehead atoms. The van der Waals surface area contributed by atoms with Gasteiger partial charge in [-0.15, -0.1) is 0 Å². The minimum Gasteiger partial charge on any atom is -0.460 e. The van der Waals surface area contributed by atoms with Gasteiger partial charge in [0.15, 0.2) is 5.11 Å². The highest BCUT2D eigenvalue weighted by atomic mass is 32.1. The average Bonchev–Trinajstić information content (AvgIpc) is 2.64. The van der Waals surface area contributed by atoms with Crippen molar-refractivity contribution in [1.82, 2.24) is 10.2 Å². The molecule has 0 amide bonds. The van der Waals surface area contributed by atoms with Crippen molar-refractivity contribution in [2.45, 2.75) is 26.3 Å². The fourth-order valence-electron chi connectivity index (χ4n) is 2.90. The van der Waals surface area contributed by atoms with Gasteiger partial charge in [-0.3, -0.25) is 10.1 Å². The van der Waals surface area contributed by atoms with E-state index in [1.165, 1.54) is 19.2 Å². The number of ether oxygens (including phenoxy) is 2. The van der Waals surface area contributed by atoms with Gasteiger partial charge in [-0.05, 0) is 31.1 Å². The van der Waals surface area contributed by atoms with Crippen LogP contribution in [0.2, 0.25) is 0 Å². The number of rotatable bonds is 8. The van der Waals surface area contributed by atoms with E-state index in [0.29, 0.717) is 28.5 Å². The fraction of sp³-hybridized carbons (Fsp3) is 0.444. The van der Waals surface area contributed by atoms with Crippen LogP contribution in [0, 0.1) is 10.1 Å². The third-order valence-electron chi connectivity index (χ3n) is 4.20. The van der Waals surface area contributed by atoms with Crippen LogP contribution in [0.3, 0.4) is 0 Å². The molecule has 0 radical (unpaired) electrons. The number of hydrogen-bond acceptors (Lipinski definition) is 6. The quantitative estimate of drug-likeness (QED) is 0.237. The minimum absolute atomic E-state index is 0.0547. The average molecular weight is 393 g/mol. The summed E-state index contributed by atoms with van der Waals surface area (Å²) in [6.45, 7) is 4.86. The van der Waals surface area contributed by atoms with Crippen molar-refractivity contribution in [1.29, 1.82) is 0 Å². The predicted molar refractivity (Wildman–Crippen MR) is 104 cm³/mol. The summed E-state index contributed by atoms with van der Waals surface area (Å²) in [6.07, 6.45) is 0.840. The smallest absolute Gasteiger partial charge is 0.338 e. The summed E-state index contributed by atoms with van der Waals surface area (Å²) in [5, 5.41) is 14.7. The van der Waals surface area contributed by atoms with Gasteiger partial charge in [0, 0.05) is 31.5 Å². The number of thiocarbonyl (C=S) groups is 1. The molecule has 0 aliphatic carbocycles. The van der Waals surface area contributed by atoms with Crippen molar-refractivity contribution in [3.63, 3.8) is 0 Å². The monoisotopic (exact) mass is 393 g/mol. The van der Waals surface area contributed by atoms with Gasteiger partial charge in [0.25, 0.3) is 5.69 Å². The van der Waals surface area contributed by atoms with Gasteiger partial charge in [-0.1, -0.05) is 19.1 Å². The molecule has 0 fully saturated rings. The molecule has 0 saturated carbocycles. The lowest BCUT2D eigenvalue weighted by Crippen LogP contribution is -2.48. The number of benzene rings is 1. The Kier molecular flexibility index (Phi) is 7.26. The Labute approximate surface area is 163 Å². The highest BCUT2D eigenvalue weighted by Gasteiger charge is 2.35. The maximum atomic E-state index is 12.8. The van der Waals surface area contributed by atoms with Gasteiger partial charge >= 0.3 is 5.97 Å². The molecule has 1 aliphatic heterocycles. The zero-order chi connectivity index (χ0) is 20.0. The standard InChI is InChI=1S/C18H23N3O5S/c1-4-8-20-12(2)15(17(22)26-10-9-25-3)16(19-18(20)27)13-6-5-7-14(11-13)21(23)24/h5-7,11,16H,4,8-10H2,1-3H3,(H,19,27). The van der Waals surface area contributed by atoms with Crippen molar-refractivity contribution in [2.75, 3.05) is 26.9 Å². The Morgan fingerprint density at radius 1 is 1.41 bits per heavy atom. The number of esters is 1. The third-order valence-corrected chi connectivity index (χ3v) is 4.54. The second-order valence-corrected chi connectivity index (χ2v) is 6.40. The maximum Gasteiger partial charge on any atom is 0.338 e. The first-order valence-electron chi connectivity index (χ1n) is 8.59. The highest BCUT2D eigenvalue weighted by Crippen LogP contribution is 2.32. The van der Waals surface area contributed by atoms with E-state index in [4.69, 9.17) is 21.7 Å². The van der Waals surface area contributed by atoms with E-state index in [9.17, 15) is 14.9 Å². The Bertz CT molecular complexity index is 765. The number of carbonyl (C=O) groups is 1. The summed E-state index contributed by atoms with van der Waals surface area (Å²) in [6, 6.07) is 5.52. The molecular formula is C18H23N3O5S. The SMILES string of the molecule is CCCN1C(=S)NC(c2cccc([N+](=O)[O-])c2)C(C(=O)OCCOC)=C1C. The van der Waals surface area contributed by atoms with Crippen molar-refractivity contribution in [3.8, 4) is 0 Å². The van der Waals surface area contributed by atoms with Gasteiger partial charge < -0.3 is 19.7 Å². The van der Waals surface area contributed by atoms with Crippen LogP contribution in [0.5, 0.6) is 0 Å². The number of hydrogen-bond donors (Lipinski definition) is 1. The van der Waals surface area contributed by atoms with Crippen LogP contribution in [0.4, 0.5) is 5.69 Å².